The van der Waals surface area contributed by atoms with Crippen LogP contribution in [0.4, 0.5) is 11.5 Å². The highest BCUT2D eigenvalue weighted by molar-refractivity contribution is 6.21. The minimum absolute atomic E-state index is 0.364. The van der Waals surface area contributed by atoms with E-state index >= 15 is 0 Å². The van der Waals surface area contributed by atoms with E-state index in [0.717, 1.165) is 34.0 Å². The third-order valence-corrected chi connectivity index (χ3v) is 8.46. The first kappa shape index (κ1) is 25.6. The minimum Gasteiger partial charge on any atom is -0.278 e. The Kier molecular flexibility index (Phi) is 6.05. The number of pyridine rings is 2. The summed E-state index contributed by atoms with van der Waals surface area (Å²) in [6.07, 6.45) is 7.44. The van der Waals surface area contributed by atoms with Crippen LogP contribution in [0.25, 0.3) is 43.8 Å². The molecule has 0 saturated heterocycles. The van der Waals surface area contributed by atoms with Gasteiger partial charge in [0.25, 0.3) is 0 Å². The molecule has 1 aliphatic rings. The van der Waals surface area contributed by atoms with Gasteiger partial charge in [0.2, 0.25) is 0 Å². The number of anilines is 2. The predicted octanol–water partition coefficient (Wildman–Crippen LogP) is 9.64. The van der Waals surface area contributed by atoms with Crippen LogP contribution in [0.15, 0.2) is 145 Å². The van der Waals surface area contributed by atoms with Crippen LogP contribution in [0.1, 0.15) is 19.4 Å². The van der Waals surface area contributed by atoms with Crippen molar-refractivity contribution in [2.24, 2.45) is 4.99 Å². The van der Waals surface area contributed by atoms with Crippen LogP contribution in [-0.2, 0) is 5.41 Å². The van der Waals surface area contributed by atoms with Gasteiger partial charge < -0.3 is 0 Å². The van der Waals surface area contributed by atoms with Crippen LogP contribution in [-0.4, -0.2) is 16.7 Å². The highest BCUT2D eigenvalue weighted by atomic mass is 15.3. The van der Waals surface area contributed by atoms with Gasteiger partial charge in [0, 0.05) is 29.6 Å². The maximum atomic E-state index is 4.68. The molecule has 3 heterocycles. The summed E-state index contributed by atoms with van der Waals surface area (Å²) in [4.78, 5) is 15.5. The van der Waals surface area contributed by atoms with Gasteiger partial charge in [-0.05, 0) is 92.5 Å². The molecule has 0 atom stereocenters. The summed E-state index contributed by atoms with van der Waals surface area (Å²) in [7, 11) is 0. The van der Waals surface area contributed by atoms with Gasteiger partial charge >= 0.3 is 0 Å². The monoisotopic (exact) mass is 542 g/mol. The molecule has 7 rings (SSSR count). The molecular weight excluding hydrogens is 512 g/mol. The van der Waals surface area contributed by atoms with Crippen molar-refractivity contribution >= 4 is 39.8 Å². The zero-order chi connectivity index (χ0) is 28.8. The molecule has 4 nitrogen and oxygen atoms in total. The van der Waals surface area contributed by atoms with Gasteiger partial charge in [-0.2, -0.15) is 0 Å². The Morgan fingerprint density at radius 3 is 1.86 bits per heavy atom. The van der Waals surface area contributed by atoms with E-state index in [0.29, 0.717) is 0 Å². The average Bonchev–Trinajstić information content (AvgIpc) is 3.04. The first-order valence-corrected chi connectivity index (χ1v) is 14.1. The summed E-state index contributed by atoms with van der Waals surface area (Å²) in [5, 5.41) is 4.86. The van der Waals surface area contributed by atoms with Crippen molar-refractivity contribution in [3.8, 4) is 22.3 Å². The van der Waals surface area contributed by atoms with Gasteiger partial charge in [0.1, 0.15) is 11.6 Å². The predicted molar refractivity (Wildman–Crippen MR) is 176 cm³/mol. The Morgan fingerprint density at radius 1 is 0.714 bits per heavy atom. The molecule has 6 aromatic rings. The van der Waals surface area contributed by atoms with E-state index in [2.05, 4.69) is 126 Å². The van der Waals surface area contributed by atoms with Gasteiger partial charge in [0.05, 0.1) is 5.69 Å². The molecular formula is C38H30N4. The van der Waals surface area contributed by atoms with E-state index in [1.54, 1.807) is 6.20 Å². The number of aromatic nitrogens is 2. The lowest BCUT2D eigenvalue weighted by molar-refractivity contribution is 0.616. The number of fused-ring (bicyclic) bond motifs is 3. The molecule has 0 aliphatic carbocycles. The van der Waals surface area contributed by atoms with E-state index < -0.39 is 0 Å². The number of hydrogen-bond acceptors (Lipinski definition) is 4. The minimum atomic E-state index is -0.364. The molecule has 202 valence electrons. The summed E-state index contributed by atoms with van der Waals surface area (Å²) < 4.78 is 0. The SMILES string of the molecule is C=CC1=C(N=C)N(c2ccccn2)c2ccc(-c3c4ccccc4c(-c4ccncc4)c4ccccc34)cc2C1(C)C. The Hall–Kier alpha value is -5.35. The van der Waals surface area contributed by atoms with Crippen molar-refractivity contribution < 1.29 is 0 Å². The first-order valence-electron chi connectivity index (χ1n) is 14.1. The van der Waals surface area contributed by atoms with Crippen LogP contribution in [0.2, 0.25) is 0 Å². The second kappa shape index (κ2) is 9.93. The number of nitrogens with zero attached hydrogens (tertiary/aromatic N) is 4. The molecule has 2 aromatic heterocycles. The molecule has 1 aliphatic heterocycles. The normalized spacial score (nSPS) is 14.2. The van der Waals surface area contributed by atoms with E-state index in [-0.39, 0.29) is 5.41 Å². The fraction of sp³-hybridized carbons (Fsp3) is 0.0789. The second-order valence-electron chi connectivity index (χ2n) is 11.1. The zero-order valence-corrected chi connectivity index (χ0v) is 23.8. The van der Waals surface area contributed by atoms with Crippen LogP contribution in [0.5, 0.6) is 0 Å². The molecule has 0 unspecified atom stereocenters. The van der Waals surface area contributed by atoms with Gasteiger partial charge in [-0.15, -0.1) is 0 Å². The number of benzene rings is 4. The summed E-state index contributed by atoms with van der Waals surface area (Å²) >= 11 is 0. The Bertz CT molecular complexity index is 1980. The summed E-state index contributed by atoms with van der Waals surface area (Å²) in [6, 6.07) is 34.3. The number of rotatable bonds is 5. The molecule has 0 fully saturated rings. The quantitative estimate of drug-likeness (QED) is 0.161. The molecule has 0 saturated carbocycles. The fourth-order valence-electron chi connectivity index (χ4n) is 6.54. The van der Waals surface area contributed by atoms with Crippen LogP contribution < -0.4 is 4.90 Å². The second-order valence-corrected chi connectivity index (χ2v) is 11.1. The Morgan fingerprint density at radius 2 is 1.31 bits per heavy atom. The standard InChI is InChI=1S/C38H30N4/c1-5-31-37(39-4)42(34-16-10-11-21-41-34)33-18-17-26(24-32(33)38(31,2)3)36-29-14-8-6-12-27(29)35(25-19-22-40-23-20-25)28-13-7-9-15-30(28)36/h5-24H,1,4H2,2-3H3. The summed E-state index contributed by atoms with van der Waals surface area (Å²) in [6.45, 7) is 12.6. The Labute approximate surface area is 246 Å². The van der Waals surface area contributed by atoms with Crippen LogP contribution >= 0.6 is 0 Å². The third kappa shape index (κ3) is 3.80. The smallest absolute Gasteiger partial charge is 0.142 e. The Balaban J connectivity index is 1.55. The van der Waals surface area contributed by atoms with Gasteiger partial charge in [-0.3, -0.25) is 9.88 Å². The highest BCUT2D eigenvalue weighted by Gasteiger charge is 2.38. The topological polar surface area (TPSA) is 41.4 Å². The number of hydrogen-bond donors (Lipinski definition) is 0. The molecule has 4 heteroatoms. The van der Waals surface area contributed by atoms with E-state index in [1.165, 1.54) is 38.2 Å². The highest BCUT2D eigenvalue weighted by Crippen LogP contribution is 2.51. The number of aliphatic imine (C=N–C) groups is 1. The van der Waals surface area contributed by atoms with Crippen molar-refractivity contribution in [1.29, 1.82) is 0 Å². The van der Waals surface area contributed by atoms with Crippen molar-refractivity contribution in [2.45, 2.75) is 19.3 Å². The van der Waals surface area contributed by atoms with Crippen molar-refractivity contribution in [2.75, 3.05) is 4.90 Å². The molecule has 4 aromatic carbocycles. The molecule has 0 N–H and O–H groups in total. The lowest BCUT2D eigenvalue weighted by atomic mass is 9.73. The van der Waals surface area contributed by atoms with Crippen LogP contribution in [0, 0.1) is 0 Å². The summed E-state index contributed by atoms with van der Waals surface area (Å²) in [5.74, 6) is 1.55. The van der Waals surface area contributed by atoms with Crippen molar-refractivity contribution in [3.05, 3.63) is 145 Å². The van der Waals surface area contributed by atoms with E-state index in [9.17, 15) is 0 Å². The molecule has 0 spiro atoms. The van der Waals surface area contributed by atoms with Gasteiger partial charge in [-0.1, -0.05) is 87.2 Å². The number of allylic oxidation sites excluding steroid dienone is 2. The fourth-order valence-corrected chi connectivity index (χ4v) is 6.54. The molecule has 0 radical (unpaired) electrons. The van der Waals surface area contributed by atoms with Gasteiger partial charge in [0.15, 0.2) is 0 Å². The molecule has 42 heavy (non-hydrogen) atoms. The molecule has 0 amide bonds. The summed E-state index contributed by atoms with van der Waals surface area (Å²) in [5.41, 5.74) is 7.63. The maximum Gasteiger partial charge on any atom is 0.142 e. The lowest BCUT2D eigenvalue weighted by Crippen LogP contribution is -2.33. The lowest BCUT2D eigenvalue weighted by Gasteiger charge is -2.41. The van der Waals surface area contributed by atoms with Crippen LogP contribution in [0.3, 0.4) is 0 Å². The first-order chi connectivity index (χ1) is 20.5. The van der Waals surface area contributed by atoms with Gasteiger partial charge in [-0.25, -0.2) is 9.98 Å². The van der Waals surface area contributed by atoms with E-state index in [4.69, 9.17) is 0 Å². The largest absolute Gasteiger partial charge is 0.278 e. The van der Waals surface area contributed by atoms with E-state index in [1.807, 2.05) is 36.7 Å². The third-order valence-electron chi connectivity index (χ3n) is 8.46. The average molecular weight is 543 g/mol. The molecule has 0 bridgehead atoms. The van der Waals surface area contributed by atoms with Crippen molar-refractivity contribution in [3.63, 3.8) is 0 Å². The van der Waals surface area contributed by atoms with Crippen molar-refractivity contribution in [1.82, 2.24) is 9.97 Å². The maximum absolute atomic E-state index is 4.68. The zero-order valence-electron chi connectivity index (χ0n) is 23.8.